The third kappa shape index (κ3) is 12.0. The molecule has 4 nitrogen and oxygen atoms in total. The van der Waals surface area contributed by atoms with Crippen molar-refractivity contribution >= 4 is 39.7 Å². The van der Waals surface area contributed by atoms with E-state index in [0.717, 1.165) is 36.8 Å². The molecule has 1 unspecified atom stereocenters. The van der Waals surface area contributed by atoms with Crippen LogP contribution in [-0.2, 0) is 19.1 Å². The fourth-order valence-electron chi connectivity index (χ4n) is 1.32. The molecule has 0 rings (SSSR count). The predicted molar refractivity (Wildman–Crippen MR) is 75.4 cm³/mol. The number of thioether (sulfide) groups is 2. The molecule has 0 fully saturated rings. The Morgan fingerprint density at radius 2 is 1.67 bits per heavy atom. The molecular weight excluding hydrogens is 272 g/mol. The van der Waals surface area contributed by atoms with Gasteiger partial charge in [0.15, 0.2) is 15.7 Å². The number of hydrogen-bond donors (Lipinski definition) is 0. The van der Waals surface area contributed by atoms with Crippen LogP contribution in [0.25, 0.3) is 0 Å². The molecule has 0 bridgehead atoms. The quantitative estimate of drug-likeness (QED) is 0.389. The molecule has 0 aliphatic carbocycles. The Morgan fingerprint density at radius 3 is 2.17 bits per heavy atom. The highest BCUT2D eigenvalue weighted by molar-refractivity contribution is 8.14. The van der Waals surface area contributed by atoms with E-state index in [0.29, 0.717) is 6.42 Å². The average Bonchev–Trinajstić information content (AvgIpc) is 2.20. The number of carbonyl (C=O) groups is 3. The van der Waals surface area contributed by atoms with Crippen molar-refractivity contribution in [2.75, 3.05) is 5.75 Å². The topological polar surface area (TPSA) is 60.4 Å². The highest BCUT2D eigenvalue weighted by atomic mass is 32.2. The first-order valence-electron chi connectivity index (χ1n) is 5.89. The summed E-state index contributed by atoms with van der Waals surface area (Å²) in [5, 5.41) is 0.0910. The zero-order valence-corrected chi connectivity index (χ0v) is 12.7. The van der Waals surface area contributed by atoms with E-state index in [4.69, 9.17) is 4.74 Å². The summed E-state index contributed by atoms with van der Waals surface area (Å²) < 4.78 is 5.05. The third-order valence-corrected chi connectivity index (χ3v) is 3.81. The summed E-state index contributed by atoms with van der Waals surface area (Å²) in [7, 11) is 0. The largest absolute Gasteiger partial charge is 0.451 e. The Balaban J connectivity index is 3.72. The van der Waals surface area contributed by atoms with Crippen molar-refractivity contribution in [3.05, 3.63) is 0 Å². The van der Waals surface area contributed by atoms with E-state index in [-0.39, 0.29) is 21.6 Å². The molecule has 0 heterocycles. The van der Waals surface area contributed by atoms with E-state index in [1.807, 2.05) is 0 Å². The van der Waals surface area contributed by atoms with E-state index in [2.05, 4.69) is 0 Å². The molecule has 0 N–H and O–H groups in total. The molecule has 0 aliphatic rings. The number of carbonyl (C=O) groups excluding carboxylic acids is 3. The molecule has 0 aromatic carbocycles. The third-order valence-electron chi connectivity index (χ3n) is 1.98. The van der Waals surface area contributed by atoms with Crippen molar-refractivity contribution < 1.29 is 19.1 Å². The standard InChI is InChI=1S/C12H20O4S2/c1-9(13)16-12(18-11(3)15)7-5-4-6-8-17-10(2)14/h12H,4-8H2,1-3H3. The Hall–Kier alpha value is -0.490. The zero-order valence-electron chi connectivity index (χ0n) is 11.1. The van der Waals surface area contributed by atoms with Crippen molar-refractivity contribution in [2.24, 2.45) is 0 Å². The number of ether oxygens (including phenoxy) is 1. The summed E-state index contributed by atoms with van der Waals surface area (Å²) in [6.07, 6.45) is 3.49. The van der Waals surface area contributed by atoms with Gasteiger partial charge in [0.2, 0.25) is 0 Å². The molecule has 104 valence electrons. The molecule has 0 aliphatic heterocycles. The first kappa shape index (κ1) is 17.5. The Bertz CT molecular complexity index is 276. The second-order valence-electron chi connectivity index (χ2n) is 3.84. The fraction of sp³-hybridized carbons (Fsp3) is 0.750. The molecular formula is C12H20O4S2. The van der Waals surface area contributed by atoms with Gasteiger partial charge in [-0.2, -0.15) is 0 Å². The lowest BCUT2D eigenvalue weighted by atomic mass is 10.2. The van der Waals surface area contributed by atoms with Crippen molar-refractivity contribution in [3.63, 3.8) is 0 Å². The second-order valence-corrected chi connectivity index (χ2v) is 6.45. The summed E-state index contributed by atoms with van der Waals surface area (Å²) in [6, 6.07) is 0. The summed E-state index contributed by atoms with van der Waals surface area (Å²) in [4.78, 5) is 32.5. The lowest BCUT2D eigenvalue weighted by Gasteiger charge is -2.14. The minimum atomic E-state index is -0.375. The van der Waals surface area contributed by atoms with Gasteiger partial charge in [0.25, 0.3) is 0 Å². The minimum absolute atomic E-state index is 0.0478. The number of unbranched alkanes of at least 4 members (excludes halogenated alkanes) is 2. The first-order valence-corrected chi connectivity index (χ1v) is 7.76. The Labute approximate surface area is 117 Å². The maximum absolute atomic E-state index is 11.0. The molecule has 0 radical (unpaired) electrons. The van der Waals surface area contributed by atoms with Crippen LogP contribution < -0.4 is 0 Å². The van der Waals surface area contributed by atoms with Gasteiger partial charge in [-0.15, -0.1) is 0 Å². The van der Waals surface area contributed by atoms with Crippen LogP contribution >= 0.6 is 23.5 Å². The molecule has 1 atom stereocenters. The number of rotatable bonds is 8. The maximum atomic E-state index is 11.0. The monoisotopic (exact) mass is 292 g/mol. The van der Waals surface area contributed by atoms with Crippen LogP contribution in [-0.4, -0.2) is 27.4 Å². The van der Waals surface area contributed by atoms with E-state index < -0.39 is 0 Å². The van der Waals surface area contributed by atoms with Gasteiger partial charge in [0.1, 0.15) is 0 Å². The van der Waals surface area contributed by atoms with Crippen LogP contribution in [0.3, 0.4) is 0 Å². The molecule has 6 heteroatoms. The smallest absolute Gasteiger partial charge is 0.303 e. The van der Waals surface area contributed by atoms with Crippen LogP contribution in [0.1, 0.15) is 46.5 Å². The fourth-order valence-corrected chi connectivity index (χ4v) is 2.79. The van der Waals surface area contributed by atoms with E-state index in [1.54, 1.807) is 6.92 Å². The van der Waals surface area contributed by atoms with E-state index in [1.165, 1.54) is 25.6 Å². The van der Waals surface area contributed by atoms with E-state index >= 15 is 0 Å². The van der Waals surface area contributed by atoms with Crippen LogP contribution in [0.4, 0.5) is 0 Å². The van der Waals surface area contributed by atoms with Crippen LogP contribution in [0.5, 0.6) is 0 Å². The summed E-state index contributed by atoms with van der Waals surface area (Å²) in [6.45, 7) is 4.37. The van der Waals surface area contributed by atoms with Gasteiger partial charge in [0.05, 0.1) is 0 Å². The van der Waals surface area contributed by atoms with Gasteiger partial charge in [-0.3, -0.25) is 14.4 Å². The minimum Gasteiger partial charge on any atom is -0.451 e. The number of esters is 1. The molecule has 0 amide bonds. The van der Waals surface area contributed by atoms with Gasteiger partial charge < -0.3 is 4.74 Å². The van der Waals surface area contributed by atoms with Gasteiger partial charge in [0, 0.05) is 26.5 Å². The molecule has 18 heavy (non-hydrogen) atoms. The van der Waals surface area contributed by atoms with Crippen molar-refractivity contribution in [3.8, 4) is 0 Å². The van der Waals surface area contributed by atoms with Gasteiger partial charge in [-0.25, -0.2) is 0 Å². The molecule has 0 aromatic rings. The molecule has 0 spiro atoms. The SMILES string of the molecule is CC(=O)OC(CCCCCSC(C)=O)SC(C)=O. The zero-order chi connectivity index (χ0) is 14.0. The second kappa shape index (κ2) is 10.4. The van der Waals surface area contributed by atoms with Gasteiger partial charge in [-0.1, -0.05) is 18.2 Å². The summed E-state index contributed by atoms with van der Waals surface area (Å²) >= 11 is 2.38. The normalized spacial score (nSPS) is 11.9. The predicted octanol–water partition coefficient (Wildman–Crippen LogP) is 3.00. The Kier molecular flexibility index (Phi) is 10.2. The Morgan fingerprint density at radius 1 is 1.00 bits per heavy atom. The lowest BCUT2D eigenvalue weighted by molar-refractivity contribution is -0.142. The maximum Gasteiger partial charge on any atom is 0.303 e. The molecule has 0 aromatic heterocycles. The number of hydrogen-bond acceptors (Lipinski definition) is 6. The first-order chi connectivity index (χ1) is 8.41. The lowest BCUT2D eigenvalue weighted by Crippen LogP contribution is -2.14. The highest BCUT2D eigenvalue weighted by Gasteiger charge is 2.14. The average molecular weight is 292 g/mol. The van der Waals surface area contributed by atoms with Crippen LogP contribution in [0.15, 0.2) is 0 Å². The van der Waals surface area contributed by atoms with Gasteiger partial charge >= 0.3 is 5.97 Å². The van der Waals surface area contributed by atoms with Crippen molar-refractivity contribution in [2.45, 2.75) is 51.9 Å². The highest BCUT2D eigenvalue weighted by Crippen LogP contribution is 2.20. The summed E-state index contributed by atoms with van der Waals surface area (Å²) in [5.74, 6) is 0.467. The van der Waals surface area contributed by atoms with Crippen LogP contribution in [0.2, 0.25) is 0 Å². The molecule has 0 saturated heterocycles. The van der Waals surface area contributed by atoms with E-state index in [9.17, 15) is 14.4 Å². The van der Waals surface area contributed by atoms with Crippen molar-refractivity contribution in [1.82, 2.24) is 0 Å². The summed E-state index contributed by atoms with van der Waals surface area (Å²) in [5.41, 5.74) is -0.375. The molecule has 0 saturated carbocycles. The van der Waals surface area contributed by atoms with Gasteiger partial charge in [-0.05, 0) is 31.0 Å². The van der Waals surface area contributed by atoms with Crippen molar-refractivity contribution in [1.29, 1.82) is 0 Å². The van der Waals surface area contributed by atoms with Crippen LogP contribution in [0, 0.1) is 0 Å².